The smallest absolute Gasteiger partial charge is 0.306 e. The number of ether oxygens (including phenoxy) is 2. The molecule has 14 heavy (non-hydrogen) atoms. The van der Waals surface area contributed by atoms with Crippen LogP contribution in [0.1, 0.15) is 39.0 Å². The van der Waals surface area contributed by atoms with Crippen LogP contribution in [0.4, 0.5) is 0 Å². The highest BCUT2D eigenvalue weighted by Crippen LogP contribution is 2.17. The lowest BCUT2D eigenvalue weighted by molar-refractivity contribution is -0.154. The third-order valence-electron chi connectivity index (χ3n) is 2.18. The highest BCUT2D eigenvalue weighted by Gasteiger charge is 2.19. The maximum atomic E-state index is 10.9. The summed E-state index contributed by atoms with van der Waals surface area (Å²) in [7, 11) is 0. The van der Waals surface area contributed by atoms with Crippen molar-refractivity contribution in [2.24, 2.45) is 0 Å². The molecular formula is C10H16O4. The number of esters is 2. The zero-order valence-electron chi connectivity index (χ0n) is 8.45. The molecule has 1 fully saturated rings. The van der Waals surface area contributed by atoms with Crippen LogP contribution in [0.2, 0.25) is 0 Å². The van der Waals surface area contributed by atoms with Crippen LogP contribution in [0.5, 0.6) is 0 Å². The van der Waals surface area contributed by atoms with E-state index in [0.29, 0.717) is 13.0 Å². The van der Waals surface area contributed by atoms with E-state index >= 15 is 0 Å². The van der Waals surface area contributed by atoms with Crippen molar-refractivity contribution in [2.45, 2.75) is 45.1 Å². The number of carbonyl (C=O) groups excluding carboxylic acids is 2. The first-order valence-electron chi connectivity index (χ1n) is 5.01. The molecule has 0 aromatic carbocycles. The molecule has 0 saturated carbocycles. The van der Waals surface area contributed by atoms with Gasteiger partial charge < -0.3 is 9.47 Å². The van der Waals surface area contributed by atoms with Gasteiger partial charge in [-0.1, -0.05) is 0 Å². The molecule has 4 heteroatoms. The minimum Gasteiger partial charge on any atom is -0.466 e. The summed E-state index contributed by atoms with van der Waals surface area (Å²) in [5.74, 6) is -0.362. The van der Waals surface area contributed by atoms with E-state index in [1.54, 1.807) is 0 Å². The van der Waals surface area contributed by atoms with Gasteiger partial charge in [0.15, 0.2) is 0 Å². The predicted molar refractivity (Wildman–Crippen MR) is 49.6 cm³/mol. The van der Waals surface area contributed by atoms with Crippen molar-refractivity contribution in [3.05, 3.63) is 0 Å². The highest BCUT2D eigenvalue weighted by atomic mass is 16.5. The Labute approximate surface area is 83.6 Å². The molecule has 1 unspecified atom stereocenters. The van der Waals surface area contributed by atoms with Crippen LogP contribution in [0.15, 0.2) is 0 Å². The molecule has 0 aromatic heterocycles. The van der Waals surface area contributed by atoms with E-state index in [2.05, 4.69) is 0 Å². The summed E-state index contributed by atoms with van der Waals surface area (Å²) in [6.45, 7) is 1.81. The molecule has 0 aliphatic carbocycles. The lowest BCUT2D eigenvalue weighted by atomic mass is 10.0. The molecule has 0 aromatic rings. The standard InChI is InChI=1S/C10H16O4/c1-8(11)13-7-3-5-9-4-2-6-10(12)14-9/h9H,2-7H2,1H3. The topological polar surface area (TPSA) is 52.6 Å². The number of hydrogen-bond donors (Lipinski definition) is 0. The summed E-state index contributed by atoms with van der Waals surface area (Å²) in [4.78, 5) is 21.3. The first-order chi connectivity index (χ1) is 6.68. The lowest BCUT2D eigenvalue weighted by Gasteiger charge is -2.21. The van der Waals surface area contributed by atoms with Gasteiger partial charge in [0.25, 0.3) is 0 Å². The molecular weight excluding hydrogens is 184 g/mol. The second kappa shape index (κ2) is 5.62. The van der Waals surface area contributed by atoms with E-state index in [-0.39, 0.29) is 18.0 Å². The number of carbonyl (C=O) groups is 2. The van der Waals surface area contributed by atoms with Gasteiger partial charge in [0.05, 0.1) is 6.61 Å². The van der Waals surface area contributed by atoms with Crippen LogP contribution in [-0.4, -0.2) is 24.6 Å². The molecule has 1 heterocycles. The number of rotatable bonds is 4. The molecule has 4 nitrogen and oxygen atoms in total. The van der Waals surface area contributed by atoms with E-state index < -0.39 is 0 Å². The Kier molecular flexibility index (Phi) is 4.43. The molecule has 1 saturated heterocycles. The summed E-state index contributed by atoms with van der Waals surface area (Å²) in [5, 5.41) is 0. The van der Waals surface area contributed by atoms with E-state index in [4.69, 9.17) is 9.47 Å². The lowest BCUT2D eigenvalue weighted by Crippen LogP contribution is -2.23. The van der Waals surface area contributed by atoms with Gasteiger partial charge >= 0.3 is 11.9 Å². The van der Waals surface area contributed by atoms with Crippen molar-refractivity contribution in [1.82, 2.24) is 0 Å². The van der Waals surface area contributed by atoms with Crippen molar-refractivity contribution in [3.8, 4) is 0 Å². The second-order valence-electron chi connectivity index (χ2n) is 3.49. The minimum absolute atomic E-state index is 0.0341. The fourth-order valence-corrected chi connectivity index (χ4v) is 1.51. The van der Waals surface area contributed by atoms with Crippen LogP contribution in [0.3, 0.4) is 0 Å². The molecule has 0 spiro atoms. The number of cyclic esters (lactones) is 1. The predicted octanol–water partition coefficient (Wildman–Crippen LogP) is 1.43. The molecule has 0 N–H and O–H groups in total. The van der Waals surface area contributed by atoms with Crippen molar-refractivity contribution in [3.63, 3.8) is 0 Å². The SMILES string of the molecule is CC(=O)OCCCC1CCCC(=O)O1. The summed E-state index contributed by atoms with van der Waals surface area (Å²) in [6.07, 6.45) is 3.98. The average Bonchev–Trinajstić information content (AvgIpc) is 2.12. The Hall–Kier alpha value is -1.06. The quantitative estimate of drug-likeness (QED) is 0.508. The van der Waals surface area contributed by atoms with E-state index in [1.807, 2.05) is 0 Å². The van der Waals surface area contributed by atoms with Crippen molar-refractivity contribution in [2.75, 3.05) is 6.61 Å². The maximum absolute atomic E-state index is 10.9. The minimum atomic E-state index is -0.259. The van der Waals surface area contributed by atoms with E-state index in [0.717, 1.165) is 25.7 Å². The summed E-state index contributed by atoms with van der Waals surface area (Å²) in [5.41, 5.74) is 0. The van der Waals surface area contributed by atoms with E-state index in [9.17, 15) is 9.59 Å². The van der Waals surface area contributed by atoms with Crippen LogP contribution in [0, 0.1) is 0 Å². The zero-order chi connectivity index (χ0) is 10.4. The summed E-state index contributed by atoms with van der Waals surface area (Å²) >= 11 is 0. The number of hydrogen-bond acceptors (Lipinski definition) is 4. The van der Waals surface area contributed by atoms with Gasteiger partial charge in [-0.25, -0.2) is 0 Å². The van der Waals surface area contributed by atoms with Crippen molar-refractivity contribution in [1.29, 1.82) is 0 Å². The van der Waals surface area contributed by atoms with Crippen LogP contribution in [-0.2, 0) is 19.1 Å². The van der Waals surface area contributed by atoms with Gasteiger partial charge in [-0.05, 0) is 25.7 Å². The highest BCUT2D eigenvalue weighted by molar-refractivity contribution is 5.70. The van der Waals surface area contributed by atoms with Crippen molar-refractivity contribution >= 4 is 11.9 Å². The third-order valence-corrected chi connectivity index (χ3v) is 2.18. The Bertz CT molecular complexity index is 212. The monoisotopic (exact) mass is 200 g/mol. The van der Waals surface area contributed by atoms with Gasteiger partial charge in [0.2, 0.25) is 0 Å². The van der Waals surface area contributed by atoms with Gasteiger partial charge in [-0.15, -0.1) is 0 Å². The van der Waals surface area contributed by atoms with Gasteiger partial charge in [0.1, 0.15) is 6.10 Å². The molecule has 1 aliphatic rings. The van der Waals surface area contributed by atoms with Crippen molar-refractivity contribution < 1.29 is 19.1 Å². The third kappa shape index (κ3) is 4.25. The fourth-order valence-electron chi connectivity index (χ4n) is 1.51. The molecule has 0 bridgehead atoms. The van der Waals surface area contributed by atoms with Crippen LogP contribution >= 0.6 is 0 Å². The first kappa shape index (κ1) is 11.0. The van der Waals surface area contributed by atoms with Gasteiger partial charge in [-0.3, -0.25) is 9.59 Å². The van der Waals surface area contributed by atoms with Gasteiger partial charge in [0, 0.05) is 13.3 Å². The zero-order valence-corrected chi connectivity index (χ0v) is 8.45. The van der Waals surface area contributed by atoms with Gasteiger partial charge in [-0.2, -0.15) is 0 Å². The summed E-state index contributed by atoms with van der Waals surface area (Å²) < 4.78 is 9.89. The maximum Gasteiger partial charge on any atom is 0.306 e. The molecule has 80 valence electrons. The second-order valence-corrected chi connectivity index (χ2v) is 3.49. The Morgan fingerprint density at radius 3 is 3.07 bits per heavy atom. The normalized spacial score (nSPS) is 21.5. The molecule has 0 radical (unpaired) electrons. The molecule has 0 amide bonds. The van der Waals surface area contributed by atoms with Crippen LogP contribution in [0.25, 0.3) is 0 Å². The molecule has 1 atom stereocenters. The Morgan fingerprint density at radius 1 is 1.64 bits per heavy atom. The van der Waals surface area contributed by atoms with Crippen LogP contribution < -0.4 is 0 Å². The first-order valence-corrected chi connectivity index (χ1v) is 5.01. The molecule has 1 aliphatic heterocycles. The largest absolute Gasteiger partial charge is 0.466 e. The fraction of sp³-hybridized carbons (Fsp3) is 0.800. The molecule has 1 rings (SSSR count). The Balaban J connectivity index is 2.06. The Morgan fingerprint density at radius 2 is 2.43 bits per heavy atom. The average molecular weight is 200 g/mol. The van der Waals surface area contributed by atoms with E-state index in [1.165, 1.54) is 6.92 Å². The summed E-state index contributed by atoms with van der Waals surface area (Å²) in [6, 6.07) is 0.